The molecule has 2 rings (SSSR count). The molecule has 0 saturated carbocycles. The zero-order valence-electron chi connectivity index (χ0n) is 8.89. The van der Waals surface area contributed by atoms with Gasteiger partial charge in [0.25, 0.3) is 0 Å². The SMILES string of the molecule is FC(F)(F)Oc1ccccc1Oc1ncccn1. The Labute approximate surface area is 100 Å². The van der Waals surface area contributed by atoms with Gasteiger partial charge in [-0.05, 0) is 18.2 Å². The molecular formula is C11H7F3N2O2. The lowest BCUT2D eigenvalue weighted by Gasteiger charge is -2.12. The number of alkyl halides is 3. The lowest BCUT2D eigenvalue weighted by Crippen LogP contribution is -2.17. The fraction of sp³-hybridized carbons (Fsp3) is 0.0909. The van der Waals surface area contributed by atoms with Gasteiger partial charge in [-0.2, -0.15) is 0 Å². The van der Waals surface area contributed by atoms with Crippen LogP contribution in [0, 0.1) is 0 Å². The monoisotopic (exact) mass is 256 g/mol. The largest absolute Gasteiger partial charge is 0.573 e. The van der Waals surface area contributed by atoms with E-state index < -0.39 is 12.1 Å². The number of benzene rings is 1. The van der Waals surface area contributed by atoms with Crippen LogP contribution in [0.2, 0.25) is 0 Å². The maximum Gasteiger partial charge on any atom is 0.573 e. The summed E-state index contributed by atoms with van der Waals surface area (Å²) in [5, 5.41) is 0. The minimum Gasteiger partial charge on any atom is -0.420 e. The molecule has 4 nitrogen and oxygen atoms in total. The third-order valence-corrected chi connectivity index (χ3v) is 1.82. The van der Waals surface area contributed by atoms with Crippen molar-refractivity contribution in [3.63, 3.8) is 0 Å². The van der Waals surface area contributed by atoms with Gasteiger partial charge in [0, 0.05) is 12.4 Å². The lowest BCUT2D eigenvalue weighted by atomic mass is 10.3. The number of halogens is 3. The van der Waals surface area contributed by atoms with Gasteiger partial charge < -0.3 is 9.47 Å². The molecule has 2 aromatic rings. The Morgan fingerprint density at radius 2 is 1.50 bits per heavy atom. The van der Waals surface area contributed by atoms with Crippen LogP contribution in [-0.4, -0.2) is 16.3 Å². The second-order valence-corrected chi connectivity index (χ2v) is 3.13. The number of rotatable bonds is 3. The third-order valence-electron chi connectivity index (χ3n) is 1.82. The molecule has 1 heterocycles. The fourth-order valence-electron chi connectivity index (χ4n) is 1.18. The van der Waals surface area contributed by atoms with E-state index in [9.17, 15) is 13.2 Å². The Hall–Kier alpha value is -2.31. The first-order valence-electron chi connectivity index (χ1n) is 4.84. The van der Waals surface area contributed by atoms with Crippen molar-refractivity contribution in [3.8, 4) is 17.5 Å². The van der Waals surface area contributed by atoms with Crippen LogP contribution < -0.4 is 9.47 Å². The molecule has 0 amide bonds. The Morgan fingerprint density at radius 3 is 2.11 bits per heavy atom. The van der Waals surface area contributed by atoms with E-state index in [0.29, 0.717) is 0 Å². The van der Waals surface area contributed by atoms with E-state index in [1.54, 1.807) is 6.07 Å². The minimum atomic E-state index is -4.78. The standard InChI is InChI=1S/C11H7F3N2O2/c12-11(13,14)18-9-5-2-1-4-8(9)17-10-15-6-3-7-16-10/h1-7H. The lowest BCUT2D eigenvalue weighted by molar-refractivity contribution is -0.275. The Balaban J connectivity index is 2.23. The molecule has 0 aliphatic heterocycles. The molecule has 1 aromatic heterocycles. The number of ether oxygens (including phenoxy) is 2. The first-order chi connectivity index (χ1) is 8.54. The highest BCUT2D eigenvalue weighted by atomic mass is 19.4. The van der Waals surface area contributed by atoms with Gasteiger partial charge >= 0.3 is 12.4 Å². The average molecular weight is 256 g/mol. The van der Waals surface area contributed by atoms with Gasteiger partial charge in [0.15, 0.2) is 11.5 Å². The normalized spacial score (nSPS) is 11.1. The molecule has 0 N–H and O–H groups in total. The van der Waals surface area contributed by atoms with Crippen molar-refractivity contribution in [2.75, 3.05) is 0 Å². The number of hydrogen-bond donors (Lipinski definition) is 0. The molecule has 0 spiro atoms. The Kier molecular flexibility index (Phi) is 3.31. The summed E-state index contributed by atoms with van der Waals surface area (Å²) in [6.45, 7) is 0. The second-order valence-electron chi connectivity index (χ2n) is 3.13. The van der Waals surface area contributed by atoms with Gasteiger partial charge in [0.1, 0.15) is 0 Å². The number of para-hydroxylation sites is 2. The van der Waals surface area contributed by atoms with Crippen LogP contribution in [0.1, 0.15) is 0 Å². The van der Waals surface area contributed by atoms with Crippen LogP contribution in [0.15, 0.2) is 42.7 Å². The van der Waals surface area contributed by atoms with Gasteiger partial charge in [-0.15, -0.1) is 13.2 Å². The van der Waals surface area contributed by atoms with E-state index >= 15 is 0 Å². The predicted molar refractivity (Wildman–Crippen MR) is 55.2 cm³/mol. The topological polar surface area (TPSA) is 44.2 Å². The van der Waals surface area contributed by atoms with Gasteiger partial charge in [-0.1, -0.05) is 12.1 Å². The van der Waals surface area contributed by atoms with Crippen LogP contribution in [-0.2, 0) is 0 Å². The molecule has 94 valence electrons. The summed E-state index contributed by atoms with van der Waals surface area (Å²) in [6.07, 6.45) is -1.96. The van der Waals surface area contributed by atoms with Crippen molar-refractivity contribution in [1.29, 1.82) is 0 Å². The maximum atomic E-state index is 12.2. The van der Waals surface area contributed by atoms with Crippen molar-refractivity contribution in [1.82, 2.24) is 9.97 Å². The van der Waals surface area contributed by atoms with E-state index in [1.165, 1.54) is 30.6 Å². The zero-order valence-corrected chi connectivity index (χ0v) is 8.89. The van der Waals surface area contributed by atoms with Crippen molar-refractivity contribution in [2.45, 2.75) is 6.36 Å². The van der Waals surface area contributed by atoms with Crippen LogP contribution in [0.5, 0.6) is 17.5 Å². The van der Waals surface area contributed by atoms with Gasteiger partial charge in [-0.25, -0.2) is 9.97 Å². The summed E-state index contributed by atoms with van der Waals surface area (Å²) >= 11 is 0. The van der Waals surface area contributed by atoms with E-state index in [4.69, 9.17) is 4.74 Å². The third kappa shape index (κ3) is 3.34. The van der Waals surface area contributed by atoms with Crippen molar-refractivity contribution < 1.29 is 22.6 Å². The molecule has 7 heteroatoms. The first kappa shape index (κ1) is 12.2. The maximum absolute atomic E-state index is 12.2. The van der Waals surface area contributed by atoms with Gasteiger partial charge in [0.2, 0.25) is 0 Å². The van der Waals surface area contributed by atoms with E-state index in [0.717, 1.165) is 6.07 Å². The van der Waals surface area contributed by atoms with Crippen LogP contribution >= 0.6 is 0 Å². The van der Waals surface area contributed by atoms with Crippen LogP contribution in [0.4, 0.5) is 13.2 Å². The van der Waals surface area contributed by atoms with Crippen molar-refractivity contribution >= 4 is 0 Å². The second kappa shape index (κ2) is 4.91. The van der Waals surface area contributed by atoms with Crippen LogP contribution in [0.3, 0.4) is 0 Å². The average Bonchev–Trinajstić information content (AvgIpc) is 2.31. The molecule has 0 atom stereocenters. The quantitative estimate of drug-likeness (QED) is 0.846. The fourth-order valence-corrected chi connectivity index (χ4v) is 1.18. The molecule has 0 aliphatic rings. The molecular weight excluding hydrogens is 249 g/mol. The highest BCUT2D eigenvalue weighted by Gasteiger charge is 2.32. The summed E-state index contributed by atoms with van der Waals surface area (Å²) in [5.41, 5.74) is 0. The molecule has 0 bridgehead atoms. The predicted octanol–water partition coefficient (Wildman–Crippen LogP) is 3.17. The van der Waals surface area contributed by atoms with Gasteiger partial charge in [0.05, 0.1) is 0 Å². The number of hydrogen-bond acceptors (Lipinski definition) is 4. The summed E-state index contributed by atoms with van der Waals surface area (Å²) in [4.78, 5) is 7.48. The molecule has 0 saturated heterocycles. The van der Waals surface area contributed by atoms with Gasteiger partial charge in [-0.3, -0.25) is 0 Å². The highest BCUT2D eigenvalue weighted by Crippen LogP contribution is 2.33. The molecule has 1 aromatic carbocycles. The Morgan fingerprint density at radius 1 is 0.889 bits per heavy atom. The van der Waals surface area contributed by atoms with E-state index in [2.05, 4.69) is 14.7 Å². The highest BCUT2D eigenvalue weighted by molar-refractivity contribution is 5.40. The molecule has 0 fully saturated rings. The van der Waals surface area contributed by atoms with E-state index in [1.807, 2.05) is 0 Å². The summed E-state index contributed by atoms with van der Waals surface area (Å²) in [6, 6.07) is 6.89. The minimum absolute atomic E-state index is 0.0595. The van der Waals surface area contributed by atoms with E-state index in [-0.39, 0.29) is 11.8 Å². The molecule has 0 radical (unpaired) electrons. The number of nitrogens with zero attached hydrogens (tertiary/aromatic N) is 2. The smallest absolute Gasteiger partial charge is 0.420 e. The molecule has 0 aliphatic carbocycles. The zero-order chi connectivity index (χ0) is 13.0. The summed E-state index contributed by atoms with van der Waals surface area (Å²) in [7, 11) is 0. The summed E-state index contributed by atoms with van der Waals surface area (Å²) < 4.78 is 45.4. The summed E-state index contributed by atoms with van der Waals surface area (Å²) in [5.74, 6) is -0.557. The van der Waals surface area contributed by atoms with Crippen LogP contribution in [0.25, 0.3) is 0 Å². The first-order valence-corrected chi connectivity index (χ1v) is 4.84. The van der Waals surface area contributed by atoms with Crippen molar-refractivity contribution in [2.24, 2.45) is 0 Å². The Bertz CT molecular complexity index is 517. The van der Waals surface area contributed by atoms with Crippen molar-refractivity contribution in [3.05, 3.63) is 42.7 Å². The molecule has 18 heavy (non-hydrogen) atoms. The number of aromatic nitrogens is 2. The molecule has 0 unspecified atom stereocenters.